The molecule has 0 aliphatic carbocycles. The Kier molecular flexibility index (Phi) is 7.74. The Morgan fingerprint density at radius 3 is 2.74 bits per heavy atom. The van der Waals surface area contributed by atoms with Crippen molar-refractivity contribution in [1.29, 1.82) is 0 Å². The van der Waals surface area contributed by atoms with Gasteiger partial charge in [-0.3, -0.25) is 9.59 Å². The molecule has 1 aliphatic heterocycles. The molecule has 2 amide bonds. The van der Waals surface area contributed by atoms with Crippen molar-refractivity contribution < 1.29 is 27.9 Å². The average Bonchev–Trinajstić information content (AvgIpc) is 3.63. The predicted octanol–water partition coefficient (Wildman–Crippen LogP) is 5.34. The molecule has 1 unspecified atom stereocenters. The molecule has 38 heavy (non-hydrogen) atoms. The Morgan fingerprint density at radius 2 is 1.95 bits per heavy atom. The number of amides is 2. The van der Waals surface area contributed by atoms with Gasteiger partial charge in [-0.2, -0.15) is 0 Å². The summed E-state index contributed by atoms with van der Waals surface area (Å²) in [5, 5.41) is 2.00. The molecule has 2 aromatic heterocycles. The highest BCUT2D eigenvalue weighted by atomic mass is 32.1. The van der Waals surface area contributed by atoms with Crippen LogP contribution in [0.25, 0.3) is 0 Å². The molecule has 5 rings (SSSR count). The molecule has 196 valence electrons. The van der Waals surface area contributed by atoms with E-state index in [1.165, 1.54) is 35.3 Å². The molecule has 0 saturated carbocycles. The van der Waals surface area contributed by atoms with Crippen LogP contribution in [0, 0.1) is 5.82 Å². The van der Waals surface area contributed by atoms with Gasteiger partial charge in [-0.1, -0.05) is 12.1 Å². The number of carbonyl (C=O) groups is 2. The van der Waals surface area contributed by atoms with Crippen LogP contribution in [0.4, 0.5) is 4.39 Å². The van der Waals surface area contributed by atoms with E-state index >= 15 is 0 Å². The minimum Gasteiger partial charge on any atom is -0.497 e. The molecule has 3 heterocycles. The fraction of sp³-hybridized carbons (Fsp3) is 0.241. The number of rotatable bonds is 9. The first-order chi connectivity index (χ1) is 18.5. The summed E-state index contributed by atoms with van der Waals surface area (Å²) in [6.07, 6.45) is 2.26. The highest BCUT2D eigenvalue weighted by Crippen LogP contribution is 2.34. The van der Waals surface area contributed by atoms with Crippen molar-refractivity contribution in [3.05, 3.63) is 106 Å². The third-order valence-electron chi connectivity index (χ3n) is 6.48. The molecule has 4 aromatic rings. The fourth-order valence-corrected chi connectivity index (χ4v) is 5.52. The van der Waals surface area contributed by atoms with Gasteiger partial charge in [0.05, 0.1) is 26.0 Å². The summed E-state index contributed by atoms with van der Waals surface area (Å²) in [6.45, 7) is 0.649. The van der Waals surface area contributed by atoms with Crippen LogP contribution in [0.3, 0.4) is 0 Å². The first kappa shape index (κ1) is 25.5. The largest absolute Gasteiger partial charge is 0.497 e. The van der Waals surface area contributed by atoms with E-state index in [4.69, 9.17) is 13.9 Å². The molecule has 0 N–H and O–H groups in total. The normalized spacial score (nSPS) is 14.6. The zero-order chi connectivity index (χ0) is 26.5. The minimum absolute atomic E-state index is 0.136. The maximum Gasteiger partial charge on any atom is 0.254 e. The van der Waals surface area contributed by atoms with E-state index in [2.05, 4.69) is 0 Å². The molecule has 9 heteroatoms. The second kappa shape index (κ2) is 11.5. The lowest BCUT2D eigenvalue weighted by Gasteiger charge is -2.37. The smallest absolute Gasteiger partial charge is 0.254 e. The van der Waals surface area contributed by atoms with Crippen molar-refractivity contribution >= 4 is 23.2 Å². The molecular formula is C29H27FN2O5S. The number of carbonyl (C=O) groups excluding carboxylic acids is 2. The molecule has 0 bridgehead atoms. The van der Waals surface area contributed by atoms with Gasteiger partial charge in [-0.15, -0.1) is 11.3 Å². The van der Waals surface area contributed by atoms with Crippen molar-refractivity contribution in [1.82, 2.24) is 9.80 Å². The zero-order valence-electron chi connectivity index (χ0n) is 20.8. The van der Waals surface area contributed by atoms with Crippen molar-refractivity contribution in [2.45, 2.75) is 19.0 Å². The van der Waals surface area contributed by atoms with E-state index in [-0.39, 0.29) is 43.4 Å². The monoisotopic (exact) mass is 534 g/mol. The summed E-state index contributed by atoms with van der Waals surface area (Å²) in [5.41, 5.74) is 1.43. The van der Waals surface area contributed by atoms with Gasteiger partial charge in [0.15, 0.2) is 0 Å². The second-order valence-electron chi connectivity index (χ2n) is 8.89. The van der Waals surface area contributed by atoms with E-state index in [1.807, 2.05) is 11.4 Å². The lowest BCUT2D eigenvalue weighted by molar-refractivity contribution is -0.135. The van der Waals surface area contributed by atoms with Crippen molar-refractivity contribution in [3.8, 4) is 11.5 Å². The van der Waals surface area contributed by atoms with Gasteiger partial charge in [-0.25, -0.2) is 4.39 Å². The summed E-state index contributed by atoms with van der Waals surface area (Å²) in [7, 11) is 1.54. The van der Waals surface area contributed by atoms with Crippen LogP contribution in [0.5, 0.6) is 11.5 Å². The standard InChI is InChI=1S/C29H27FN2O5S/c1-35-22-7-2-5-20(15-22)29(34)31(17-24-9-4-13-36-24)18-28(33)32-12-10-27-25(11-14-38-27)26(32)19-37-23-8-3-6-21(30)16-23/h2-9,11,13-16,26H,10,12,17-19H2,1H3. The number of methoxy groups -OCH3 is 1. The van der Waals surface area contributed by atoms with Gasteiger partial charge in [0.2, 0.25) is 5.91 Å². The number of hydrogen-bond donors (Lipinski definition) is 0. The lowest BCUT2D eigenvalue weighted by atomic mass is 10.0. The second-order valence-corrected chi connectivity index (χ2v) is 9.89. The zero-order valence-corrected chi connectivity index (χ0v) is 21.7. The molecule has 0 fully saturated rings. The molecule has 0 spiro atoms. The minimum atomic E-state index is -0.389. The van der Waals surface area contributed by atoms with Crippen LogP contribution in [-0.4, -0.2) is 48.4 Å². The van der Waals surface area contributed by atoms with Gasteiger partial charge in [-0.05, 0) is 65.9 Å². The van der Waals surface area contributed by atoms with E-state index in [0.717, 1.165) is 12.0 Å². The van der Waals surface area contributed by atoms with Gasteiger partial charge < -0.3 is 23.7 Å². The molecule has 2 aromatic carbocycles. The lowest BCUT2D eigenvalue weighted by Crippen LogP contribution is -2.47. The summed E-state index contributed by atoms with van der Waals surface area (Å²) >= 11 is 1.65. The number of fused-ring (bicyclic) bond motifs is 1. The molecule has 0 saturated heterocycles. The summed E-state index contributed by atoms with van der Waals surface area (Å²) in [5.74, 6) is 0.605. The number of ether oxygens (including phenoxy) is 2. The predicted molar refractivity (Wildman–Crippen MR) is 141 cm³/mol. The van der Waals surface area contributed by atoms with Crippen LogP contribution in [0.1, 0.15) is 32.6 Å². The number of nitrogens with zero attached hydrogens (tertiary/aromatic N) is 2. The molecule has 1 atom stereocenters. The van der Waals surface area contributed by atoms with Crippen LogP contribution >= 0.6 is 11.3 Å². The topological polar surface area (TPSA) is 72.2 Å². The van der Waals surface area contributed by atoms with E-state index < -0.39 is 0 Å². The Morgan fingerprint density at radius 1 is 1.11 bits per heavy atom. The maximum atomic E-state index is 13.8. The fourth-order valence-electron chi connectivity index (χ4n) is 4.59. The molecule has 7 nitrogen and oxygen atoms in total. The van der Waals surface area contributed by atoms with Crippen molar-refractivity contribution in [2.24, 2.45) is 0 Å². The average molecular weight is 535 g/mol. The number of benzene rings is 2. The number of hydrogen-bond acceptors (Lipinski definition) is 6. The van der Waals surface area contributed by atoms with Gasteiger partial charge in [0.1, 0.15) is 36.2 Å². The Labute approximate surface area is 224 Å². The third-order valence-corrected chi connectivity index (χ3v) is 7.47. The summed E-state index contributed by atoms with van der Waals surface area (Å²) in [4.78, 5) is 31.7. The van der Waals surface area contributed by atoms with Crippen molar-refractivity contribution in [3.63, 3.8) is 0 Å². The molecule has 1 aliphatic rings. The maximum absolute atomic E-state index is 13.8. The SMILES string of the molecule is COc1cccc(C(=O)N(CC(=O)N2CCc3sccc3C2COc2cccc(F)c2)Cc2ccco2)c1. The van der Waals surface area contributed by atoms with E-state index in [9.17, 15) is 14.0 Å². The third kappa shape index (κ3) is 5.73. The van der Waals surface area contributed by atoms with Crippen LogP contribution in [0.15, 0.2) is 82.8 Å². The number of halogens is 1. The molecule has 0 radical (unpaired) electrons. The van der Waals surface area contributed by atoms with Crippen LogP contribution in [0.2, 0.25) is 0 Å². The Hall–Kier alpha value is -4.11. The highest BCUT2D eigenvalue weighted by molar-refractivity contribution is 7.10. The first-order valence-corrected chi connectivity index (χ1v) is 13.1. The number of furan rings is 1. The summed E-state index contributed by atoms with van der Waals surface area (Å²) in [6, 6.07) is 17.9. The van der Waals surface area contributed by atoms with Crippen molar-refractivity contribution in [2.75, 3.05) is 26.8 Å². The van der Waals surface area contributed by atoms with E-state index in [1.54, 1.807) is 64.8 Å². The van der Waals surface area contributed by atoms with E-state index in [0.29, 0.717) is 29.4 Å². The van der Waals surface area contributed by atoms with Gasteiger partial charge in [0.25, 0.3) is 5.91 Å². The number of thiophene rings is 1. The Bertz CT molecular complexity index is 1400. The van der Waals surface area contributed by atoms with Gasteiger partial charge in [0, 0.05) is 23.1 Å². The Balaban J connectivity index is 1.38. The van der Waals surface area contributed by atoms with Crippen LogP contribution < -0.4 is 9.47 Å². The van der Waals surface area contributed by atoms with Crippen LogP contribution in [-0.2, 0) is 17.8 Å². The quantitative estimate of drug-likeness (QED) is 0.290. The molecular weight excluding hydrogens is 507 g/mol. The van der Waals surface area contributed by atoms with Gasteiger partial charge >= 0.3 is 0 Å². The highest BCUT2D eigenvalue weighted by Gasteiger charge is 2.34. The summed E-state index contributed by atoms with van der Waals surface area (Å²) < 4.78 is 30.4. The first-order valence-electron chi connectivity index (χ1n) is 12.2.